The Balaban J connectivity index is 2.09. The third kappa shape index (κ3) is 4.10. The molecule has 6 heteroatoms. The van der Waals surface area contributed by atoms with E-state index in [1.54, 1.807) is 13.0 Å². The van der Waals surface area contributed by atoms with E-state index in [1.807, 2.05) is 0 Å². The molecule has 0 aromatic heterocycles. The highest BCUT2D eigenvalue weighted by molar-refractivity contribution is 6.30. The maximum absolute atomic E-state index is 13.4. The van der Waals surface area contributed by atoms with Crippen molar-refractivity contribution in [1.29, 1.82) is 0 Å². The van der Waals surface area contributed by atoms with Gasteiger partial charge in [-0.3, -0.25) is 0 Å². The predicted octanol–water partition coefficient (Wildman–Crippen LogP) is 5.25. The second-order valence-corrected chi connectivity index (χ2v) is 6.01. The number of hydrogen-bond acceptors (Lipinski definition) is 1. The summed E-state index contributed by atoms with van der Waals surface area (Å²) in [6, 6.07) is 3.35. The van der Waals surface area contributed by atoms with Gasteiger partial charge >= 0.3 is 6.18 Å². The van der Waals surface area contributed by atoms with Crippen molar-refractivity contribution < 1.29 is 17.6 Å². The first-order valence-corrected chi connectivity index (χ1v) is 7.44. The molecule has 118 valence electrons. The van der Waals surface area contributed by atoms with Gasteiger partial charge in [0.15, 0.2) is 0 Å². The summed E-state index contributed by atoms with van der Waals surface area (Å²) in [5, 5.41) is 3.02. The lowest BCUT2D eigenvalue weighted by molar-refractivity contribution is -0.189. The van der Waals surface area contributed by atoms with Crippen molar-refractivity contribution in [3.8, 4) is 0 Å². The number of halogens is 5. The Hall–Kier alpha value is -0.810. The summed E-state index contributed by atoms with van der Waals surface area (Å²) >= 11 is 5.62. The van der Waals surface area contributed by atoms with Crippen molar-refractivity contribution in [1.82, 2.24) is 5.32 Å². The molecule has 2 rings (SSSR count). The van der Waals surface area contributed by atoms with Gasteiger partial charge in [0.1, 0.15) is 5.82 Å². The van der Waals surface area contributed by atoms with E-state index in [1.165, 1.54) is 12.1 Å². The zero-order chi connectivity index (χ0) is 15.6. The van der Waals surface area contributed by atoms with Crippen molar-refractivity contribution in [2.45, 2.75) is 50.9 Å². The average Bonchev–Trinajstić information content (AvgIpc) is 2.41. The quantitative estimate of drug-likeness (QED) is 0.749. The van der Waals surface area contributed by atoms with Crippen LogP contribution in [0.4, 0.5) is 17.6 Å². The molecule has 1 aromatic carbocycles. The molecule has 0 saturated heterocycles. The first kappa shape index (κ1) is 16.6. The summed E-state index contributed by atoms with van der Waals surface area (Å²) in [6.07, 6.45) is -2.16. The van der Waals surface area contributed by atoms with Gasteiger partial charge in [0.05, 0.1) is 10.9 Å². The summed E-state index contributed by atoms with van der Waals surface area (Å²) in [6.45, 7) is 1.74. The SMILES string of the molecule is CC(NC1CCCCC1C(F)(F)F)c1ccc(Cl)c(F)c1. The minimum atomic E-state index is -4.19. The summed E-state index contributed by atoms with van der Waals surface area (Å²) in [7, 11) is 0. The van der Waals surface area contributed by atoms with Gasteiger partial charge < -0.3 is 5.32 Å². The molecular formula is C15H18ClF4N. The maximum Gasteiger partial charge on any atom is 0.393 e. The molecule has 0 spiro atoms. The van der Waals surface area contributed by atoms with Crippen LogP contribution in [0.5, 0.6) is 0 Å². The summed E-state index contributed by atoms with van der Waals surface area (Å²) in [5.41, 5.74) is 0.600. The molecule has 0 amide bonds. The van der Waals surface area contributed by atoms with Crippen LogP contribution in [0.2, 0.25) is 5.02 Å². The summed E-state index contributed by atoms with van der Waals surface area (Å²) in [5.74, 6) is -1.88. The third-order valence-corrected chi connectivity index (χ3v) is 4.40. The van der Waals surface area contributed by atoms with Crippen LogP contribution in [-0.4, -0.2) is 12.2 Å². The largest absolute Gasteiger partial charge is 0.393 e. The predicted molar refractivity (Wildman–Crippen MR) is 74.8 cm³/mol. The van der Waals surface area contributed by atoms with Crippen LogP contribution in [0.25, 0.3) is 0 Å². The molecular weight excluding hydrogens is 306 g/mol. The molecule has 1 fully saturated rings. The molecule has 1 aromatic rings. The van der Waals surface area contributed by atoms with Crippen molar-refractivity contribution in [2.24, 2.45) is 5.92 Å². The van der Waals surface area contributed by atoms with Crippen molar-refractivity contribution >= 4 is 11.6 Å². The Kier molecular flexibility index (Phi) is 5.15. The Bertz CT molecular complexity index is 489. The molecule has 21 heavy (non-hydrogen) atoms. The lowest BCUT2D eigenvalue weighted by Gasteiger charge is -2.35. The van der Waals surface area contributed by atoms with Gasteiger partial charge in [0.25, 0.3) is 0 Å². The molecule has 0 bridgehead atoms. The number of rotatable bonds is 3. The second kappa shape index (κ2) is 6.53. The molecule has 0 heterocycles. The smallest absolute Gasteiger partial charge is 0.307 e. The van der Waals surface area contributed by atoms with Crippen LogP contribution in [0.3, 0.4) is 0 Å². The molecule has 1 nitrogen and oxygen atoms in total. The number of nitrogens with one attached hydrogen (secondary N) is 1. The zero-order valence-electron chi connectivity index (χ0n) is 11.7. The highest BCUT2D eigenvalue weighted by atomic mass is 35.5. The van der Waals surface area contributed by atoms with Crippen LogP contribution < -0.4 is 5.32 Å². The zero-order valence-corrected chi connectivity index (χ0v) is 12.4. The van der Waals surface area contributed by atoms with E-state index in [0.29, 0.717) is 18.4 Å². The molecule has 0 aliphatic heterocycles. The topological polar surface area (TPSA) is 12.0 Å². The summed E-state index contributed by atoms with van der Waals surface area (Å²) in [4.78, 5) is 0. The Morgan fingerprint density at radius 2 is 1.90 bits per heavy atom. The highest BCUT2D eigenvalue weighted by Crippen LogP contribution is 2.38. The molecule has 1 saturated carbocycles. The van der Waals surface area contributed by atoms with E-state index in [9.17, 15) is 17.6 Å². The van der Waals surface area contributed by atoms with Crippen LogP contribution in [0, 0.1) is 11.7 Å². The van der Waals surface area contributed by atoms with Gasteiger partial charge in [0.2, 0.25) is 0 Å². The second-order valence-electron chi connectivity index (χ2n) is 5.60. The van der Waals surface area contributed by atoms with Gasteiger partial charge in [-0.25, -0.2) is 4.39 Å². The van der Waals surface area contributed by atoms with Crippen molar-refractivity contribution in [3.63, 3.8) is 0 Å². The molecule has 0 radical (unpaired) electrons. The first-order chi connectivity index (χ1) is 9.79. The van der Waals surface area contributed by atoms with Gasteiger partial charge in [-0.1, -0.05) is 30.5 Å². The molecule has 1 N–H and O–H groups in total. The normalized spacial score (nSPS) is 24.9. The highest BCUT2D eigenvalue weighted by Gasteiger charge is 2.45. The van der Waals surface area contributed by atoms with Gasteiger partial charge in [-0.2, -0.15) is 13.2 Å². The van der Waals surface area contributed by atoms with E-state index in [4.69, 9.17) is 11.6 Å². The summed E-state index contributed by atoms with van der Waals surface area (Å²) < 4.78 is 52.6. The fourth-order valence-electron chi connectivity index (χ4n) is 2.92. The van der Waals surface area contributed by atoms with E-state index < -0.39 is 24.0 Å². The third-order valence-electron chi connectivity index (χ3n) is 4.09. The average molecular weight is 324 g/mol. The van der Waals surface area contributed by atoms with E-state index in [0.717, 1.165) is 6.42 Å². The minimum absolute atomic E-state index is 0.0109. The van der Waals surface area contributed by atoms with Crippen LogP contribution in [0.1, 0.15) is 44.2 Å². The number of hydrogen-bond donors (Lipinski definition) is 1. The van der Waals surface area contributed by atoms with Gasteiger partial charge in [0, 0.05) is 12.1 Å². The van der Waals surface area contributed by atoms with E-state index in [-0.39, 0.29) is 17.5 Å². The lowest BCUT2D eigenvalue weighted by atomic mass is 9.83. The standard InChI is InChI=1S/C15H18ClF4N/c1-9(10-6-7-12(16)13(17)8-10)21-14-5-3-2-4-11(14)15(18,19)20/h6-9,11,14,21H,2-5H2,1H3. The monoisotopic (exact) mass is 323 g/mol. The first-order valence-electron chi connectivity index (χ1n) is 7.06. The Morgan fingerprint density at radius 3 is 2.52 bits per heavy atom. The lowest BCUT2D eigenvalue weighted by Crippen LogP contribution is -2.46. The fraction of sp³-hybridized carbons (Fsp3) is 0.600. The van der Waals surface area contributed by atoms with E-state index >= 15 is 0 Å². The number of benzene rings is 1. The van der Waals surface area contributed by atoms with Crippen LogP contribution >= 0.6 is 11.6 Å². The van der Waals surface area contributed by atoms with Crippen LogP contribution in [0.15, 0.2) is 18.2 Å². The molecule has 3 unspecified atom stereocenters. The molecule has 1 aliphatic carbocycles. The Labute approximate surface area is 126 Å². The van der Waals surface area contributed by atoms with Gasteiger partial charge in [-0.15, -0.1) is 0 Å². The van der Waals surface area contributed by atoms with Gasteiger partial charge in [-0.05, 0) is 37.5 Å². The minimum Gasteiger partial charge on any atom is -0.307 e. The maximum atomic E-state index is 13.4. The van der Waals surface area contributed by atoms with Crippen molar-refractivity contribution in [3.05, 3.63) is 34.6 Å². The van der Waals surface area contributed by atoms with Crippen molar-refractivity contribution in [2.75, 3.05) is 0 Å². The van der Waals surface area contributed by atoms with E-state index in [2.05, 4.69) is 5.32 Å². The Morgan fingerprint density at radius 1 is 1.24 bits per heavy atom. The number of alkyl halides is 3. The fourth-order valence-corrected chi connectivity index (χ4v) is 3.04. The molecule has 3 atom stereocenters. The molecule has 1 aliphatic rings. The van der Waals surface area contributed by atoms with Crippen LogP contribution in [-0.2, 0) is 0 Å².